The van der Waals surface area contributed by atoms with E-state index in [1.165, 1.54) is 5.56 Å². The van der Waals surface area contributed by atoms with E-state index in [0.29, 0.717) is 5.92 Å². The Morgan fingerprint density at radius 1 is 1.31 bits per heavy atom. The molecule has 16 heavy (non-hydrogen) atoms. The summed E-state index contributed by atoms with van der Waals surface area (Å²) < 4.78 is 5.67. The van der Waals surface area contributed by atoms with Gasteiger partial charge in [0.15, 0.2) is 0 Å². The number of ether oxygens (including phenoxy) is 1. The normalized spacial score (nSPS) is 25.0. The summed E-state index contributed by atoms with van der Waals surface area (Å²) in [6, 6.07) is 8.15. The number of benzene rings is 1. The first kappa shape index (κ1) is 11.5. The van der Waals surface area contributed by atoms with Crippen LogP contribution in [0.4, 0.5) is 0 Å². The Labute approximate surface area is 97.3 Å². The predicted molar refractivity (Wildman–Crippen MR) is 64.8 cm³/mol. The third-order valence-electron chi connectivity index (χ3n) is 3.14. The summed E-state index contributed by atoms with van der Waals surface area (Å²) in [4.78, 5) is 0. The Morgan fingerprint density at radius 2 is 2.12 bits per heavy atom. The van der Waals surface area contributed by atoms with Crippen LogP contribution >= 0.6 is 0 Å². The van der Waals surface area contributed by atoms with Crippen molar-refractivity contribution in [3.05, 3.63) is 29.8 Å². The van der Waals surface area contributed by atoms with E-state index in [1.807, 2.05) is 26.0 Å². The van der Waals surface area contributed by atoms with Crippen molar-refractivity contribution in [1.82, 2.24) is 0 Å². The molecule has 88 valence electrons. The first-order valence-electron chi connectivity index (χ1n) is 6.11. The van der Waals surface area contributed by atoms with Gasteiger partial charge in [-0.05, 0) is 44.4 Å². The summed E-state index contributed by atoms with van der Waals surface area (Å²) >= 11 is 0. The SMILES string of the molecule is CC(C)Oc1cccc([C@@H]2CCC[C@H]2O)c1. The first-order valence-corrected chi connectivity index (χ1v) is 6.11. The maximum absolute atomic E-state index is 9.87. The molecule has 1 aliphatic carbocycles. The zero-order chi connectivity index (χ0) is 11.5. The maximum atomic E-state index is 9.87. The predicted octanol–water partition coefficient (Wildman–Crippen LogP) is 3.10. The number of aliphatic hydroxyl groups is 1. The van der Waals surface area contributed by atoms with Crippen LogP contribution in [0, 0.1) is 0 Å². The van der Waals surface area contributed by atoms with Gasteiger partial charge >= 0.3 is 0 Å². The average Bonchev–Trinajstić information content (AvgIpc) is 2.64. The quantitative estimate of drug-likeness (QED) is 0.848. The molecule has 0 spiro atoms. The van der Waals surface area contributed by atoms with E-state index in [0.717, 1.165) is 25.0 Å². The van der Waals surface area contributed by atoms with Gasteiger partial charge in [0.1, 0.15) is 5.75 Å². The molecular formula is C14H20O2. The molecule has 1 saturated carbocycles. The molecule has 2 atom stereocenters. The van der Waals surface area contributed by atoms with Crippen LogP contribution in [0.3, 0.4) is 0 Å². The van der Waals surface area contributed by atoms with Gasteiger partial charge in [0.2, 0.25) is 0 Å². The first-order chi connectivity index (χ1) is 7.66. The van der Waals surface area contributed by atoms with Crippen molar-refractivity contribution in [2.45, 2.75) is 51.2 Å². The summed E-state index contributed by atoms with van der Waals surface area (Å²) in [5, 5.41) is 9.87. The lowest BCUT2D eigenvalue weighted by Gasteiger charge is -2.17. The van der Waals surface area contributed by atoms with Crippen molar-refractivity contribution in [3.63, 3.8) is 0 Å². The lowest BCUT2D eigenvalue weighted by Crippen LogP contribution is -2.11. The minimum atomic E-state index is -0.172. The Balaban J connectivity index is 2.15. The van der Waals surface area contributed by atoms with E-state index in [2.05, 4.69) is 12.1 Å². The van der Waals surface area contributed by atoms with Crippen molar-refractivity contribution in [1.29, 1.82) is 0 Å². The second-order valence-corrected chi connectivity index (χ2v) is 4.84. The van der Waals surface area contributed by atoms with Crippen molar-refractivity contribution in [2.75, 3.05) is 0 Å². The van der Waals surface area contributed by atoms with Crippen LogP contribution < -0.4 is 4.74 Å². The van der Waals surface area contributed by atoms with Gasteiger partial charge < -0.3 is 9.84 Å². The molecule has 2 rings (SSSR count). The molecule has 0 aliphatic heterocycles. The maximum Gasteiger partial charge on any atom is 0.119 e. The van der Waals surface area contributed by atoms with Crippen LogP contribution in [-0.2, 0) is 0 Å². The van der Waals surface area contributed by atoms with Crippen LogP contribution in [0.15, 0.2) is 24.3 Å². The van der Waals surface area contributed by atoms with Crippen LogP contribution in [-0.4, -0.2) is 17.3 Å². The Kier molecular flexibility index (Phi) is 3.49. The van der Waals surface area contributed by atoms with Crippen LogP contribution in [0.1, 0.15) is 44.6 Å². The second-order valence-electron chi connectivity index (χ2n) is 4.84. The van der Waals surface area contributed by atoms with Gasteiger partial charge in [-0.15, -0.1) is 0 Å². The highest BCUT2D eigenvalue weighted by Gasteiger charge is 2.26. The highest BCUT2D eigenvalue weighted by Crippen LogP contribution is 2.35. The molecule has 2 nitrogen and oxygen atoms in total. The van der Waals surface area contributed by atoms with Gasteiger partial charge in [-0.2, -0.15) is 0 Å². The third kappa shape index (κ3) is 2.56. The zero-order valence-electron chi connectivity index (χ0n) is 10.0. The van der Waals surface area contributed by atoms with Gasteiger partial charge in [0.25, 0.3) is 0 Å². The number of hydrogen-bond acceptors (Lipinski definition) is 2. The van der Waals surface area contributed by atoms with E-state index in [4.69, 9.17) is 4.74 Å². The van der Waals surface area contributed by atoms with Gasteiger partial charge in [-0.3, -0.25) is 0 Å². The summed E-state index contributed by atoms with van der Waals surface area (Å²) in [5.74, 6) is 1.21. The largest absolute Gasteiger partial charge is 0.491 e. The minimum Gasteiger partial charge on any atom is -0.491 e. The Morgan fingerprint density at radius 3 is 2.75 bits per heavy atom. The Hall–Kier alpha value is -1.02. The van der Waals surface area contributed by atoms with Gasteiger partial charge in [0.05, 0.1) is 12.2 Å². The lowest BCUT2D eigenvalue weighted by atomic mass is 9.96. The molecule has 0 unspecified atom stereocenters. The standard InChI is InChI=1S/C14H20O2/c1-10(2)16-12-6-3-5-11(9-12)13-7-4-8-14(13)15/h3,5-6,9-10,13-15H,4,7-8H2,1-2H3/t13-,14+/m0/s1. The molecule has 1 N–H and O–H groups in total. The number of rotatable bonds is 3. The lowest BCUT2D eigenvalue weighted by molar-refractivity contribution is 0.163. The van der Waals surface area contributed by atoms with E-state index in [-0.39, 0.29) is 12.2 Å². The minimum absolute atomic E-state index is 0.172. The summed E-state index contributed by atoms with van der Waals surface area (Å²) in [6.45, 7) is 4.05. The van der Waals surface area contributed by atoms with Gasteiger partial charge in [-0.25, -0.2) is 0 Å². The summed E-state index contributed by atoms with van der Waals surface area (Å²) in [7, 11) is 0. The molecule has 0 saturated heterocycles. The molecule has 1 aromatic carbocycles. The zero-order valence-corrected chi connectivity index (χ0v) is 10.0. The molecule has 0 aromatic heterocycles. The molecular weight excluding hydrogens is 200 g/mol. The second kappa shape index (κ2) is 4.88. The molecule has 1 fully saturated rings. The highest BCUT2D eigenvalue weighted by molar-refractivity contribution is 5.32. The van der Waals surface area contributed by atoms with E-state index >= 15 is 0 Å². The fraction of sp³-hybridized carbons (Fsp3) is 0.571. The van der Waals surface area contributed by atoms with Crippen LogP contribution in [0.2, 0.25) is 0 Å². The topological polar surface area (TPSA) is 29.5 Å². The molecule has 1 aliphatic rings. The Bertz CT molecular complexity index is 346. The van der Waals surface area contributed by atoms with Crippen molar-refractivity contribution >= 4 is 0 Å². The van der Waals surface area contributed by atoms with Crippen LogP contribution in [0.25, 0.3) is 0 Å². The fourth-order valence-corrected chi connectivity index (χ4v) is 2.42. The van der Waals surface area contributed by atoms with Gasteiger partial charge in [-0.1, -0.05) is 18.6 Å². The molecule has 1 aromatic rings. The summed E-state index contributed by atoms with van der Waals surface area (Å²) in [6.07, 6.45) is 3.17. The van der Waals surface area contributed by atoms with E-state index < -0.39 is 0 Å². The number of aliphatic hydroxyl groups excluding tert-OH is 1. The third-order valence-corrected chi connectivity index (χ3v) is 3.14. The highest BCUT2D eigenvalue weighted by atomic mass is 16.5. The molecule has 0 heterocycles. The molecule has 0 amide bonds. The van der Waals surface area contributed by atoms with Crippen molar-refractivity contribution in [2.24, 2.45) is 0 Å². The van der Waals surface area contributed by atoms with Crippen molar-refractivity contribution in [3.8, 4) is 5.75 Å². The fourth-order valence-electron chi connectivity index (χ4n) is 2.42. The van der Waals surface area contributed by atoms with Gasteiger partial charge in [0, 0.05) is 5.92 Å². The van der Waals surface area contributed by atoms with Crippen LogP contribution in [0.5, 0.6) is 5.75 Å². The number of hydrogen-bond donors (Lipinski definition) is 1. The molecule has 0 radical (unpaired) electrons. The van der Waals surface area contributed by atoms with Crippen molar-refractivity contribution < 1.29 is 9.84 Å². The smallest absolute Gasteiger partial charge is 0.119 e. The molecule has 0 bridgehead atoms. The monoisotopic (exact) mass is 220 g/mol. The summed E-state index contributed by atoms with van der Waals surface area (Å²) in [5.41, 5.74) is 1.21. The molecule has 2 heteroatoms. The average molecular weight is 220 g/mol. The van der Waals surface area contributed by atoms with E-state index in [9.17, 15) is 5.11 Å². The van der Waals surface area contributed by atoms with E-state index in [1.54, 1.807) is 0 Å².